The molecule has 3 aliphatic heterocycles. The molecule has 1 fully saturated rings. The molecular weight excluding hydrogens is 396 g/mol. The van der Waals surface area contributed by atoms with Crippen molar-refractivity contribution < 1.29 is 19.2 Å². The van der Waals surface area contributed by atoms with Crippen LogP contribution in [0.15, 0.2) is 12.1 Å². The highest BCUT2D eigenvalue weighted by Gasteiger charge is 2.43. The summed E-state index contributed by atoms with van der Waals surface area (Å²) in [5, 5.41) is 2.50. The van der Waals surface area contributed by atoms with E-state index in [4.69, 9.17) is 0 Å². The number of nitrogens with zero attached hydrogens (tertiary/aromatic N) is 3. The number of imide groups is 1. The van der Waals surface area contributed by atoms with Crippen molar-refractivity contribution in [3.05, 3.63) is 34.4 Å². The number of nitrogens with one attached hydrogen (secondary N) is 1. The fourth-order valence-corrected chi connectivity index (χ4v) is 5.02. The van der Waals surface area contributed by atoms with E-state index in [1.165, 1.54) is 19.9 Å². The van der Waals surface area contributed by atoms with E-state index in [9.17, 15) is 19.2 Å². The summed E-state index contributed by atoms with van der Waals surface area (Å²) in [5.74, 6) is -0.650. The molecule has 0 saturated carbocycles. The van der Waals surface area contributed by atoms with E-state index >= 15 is 0 Å². The van der Waals surface area contributed by atoms with Crippen LogP contribution in [0.4, 0.5) is 0 Å². The lowest BCUT2D eigenvalue weighted by molar-refractivity contribution is -0.124. The van der Waals surface area contributed by atoms with Crippen LogP contribution in [0.25, 0.3) is 0 Å². The molecule has 4 rings (SSSR count). The van der Waals surface area contributed by atoms with Gasteiger partial charge in [0.1, 0.15) is 12.3 Å². The number of hydrogen-bond acceptors (Lipinski definition) is 6. The highest BCUT2D eigenvalue weighted by Crippen LogP contribution is 2.33. The van der Waals surface area contributed by atoms with Crippen LogP contribution in [0.5, 0.6) is 0 Å². The van der Waals surface area contributed by atoms with Gasteiger partial charge in [0.15, 0.2) is 0 Å². The summed E-state index contributed by atoms with van der Waals surface area (Å²) in [4.78, 5) is 55.1. The number of hydrogen-bond donors (Lipinski definition) is 1. The number of piperidine rings is 1. The molecule has 0 aromatic heterocycles. The van der Waals surface area contributed by atoms with Crippen molar-refractivity contribution in [3.8, 4) is 0 Å². The van der Waals surface area contributed by atoms with Gasteiger partial charge in [0.05, 0.1) is 11.1 Å². The number of benzene rings is 1. The number of rotatable bonds is 7. The van der Waals surface area contributed by atoms with Crippen molar-refractivity contribution in [2.45, 2.75) is 44.8 Å². The standard InChI is InChI=1S/C23H30N4O4/c1-24-21(29)20(4-3-9-28)27-22(30)18-10-16-13-26(12-15-5-7-25(2)8-6-15)14-17(16)11-19(18)23(27)31/h9-11,15,20H,3-8,12-14H2,1-2H3,(H,24,29). The maximum absolute atomic E-state index is 13.1. The summed E-state index contributed by atoms with van der Waals surface area (Å²) in [6, 6.07) is 2.69. The van der Waals surface area contributed by atoms with Crippen LogP contribution in [-0.2, 0) is 22.7 Å². The Morgan fingerprint density at radius 3 is 2.23 bits per heavy atom. The SMILES string of the molecule is CNC(=O)C(CCC=O)N1C(=O)c2cc3c(cc2C1=O)CN(CC1CCN(C)CC1)C3. The van der Waals surface area contributed by atoms with Gasteiger partial charge in [-0.15, -0.1) is 0 Å². The van der Waals surface area contributed by atoms with Gasteiger partial charge in [-0.3, -0.25) is 24.2 Å². The molecule has 3 aliphatic rings. The van der Waals surface area contributed by atoms with Crippen LogP contribution in [-0.4, -0.2) is 78.5 Å². The minimum absolute atomic E-state index is 0.105. The highest BCUT2D eigenvalue weighted by atomic mass is 16.2. The zero-order valence-electron chi connectivity index (χ0n) is 18.2. The molecule has 8 heteroatoms. The van der Waals surface area contributed by atoms with Gasteiger partial charge < -0.3 is 15.0 Å². The lowest BCUT2D eigenvalue weighted by Gasteiger charge is -2.31. The molecule has 166 valence electrons. The number of carbonyl (C=O) groups is 4. The number of carbonyl (C=O) groups excluding carboxylic acids is 4. The molecule has 1 unspecified atom stereocenters. The maximum Gasteiger partial charge on any atom is 0.262 e. The number of likely N-dealkylation sites (tertiary alicyclic amines) is 1. The monoisotopic (exact) mass is 426 g/mol. The van der Waals surface area contributed by atoms with E-state index in [1.54, 1.807) is 0 Å². The fraction of sp³-hybridized carbons (Fsp3) is 0.565. The Bertz CT molecular complexity index is 862. The van der Waals surface area contributed by atoms with E-state index in [2.05, 4.69) is 22.2 Å². The number of aldehydes is 1. The van der Waals surface area contributed by atoms with E-state index in [1.807, 2.05) is 12.1 Å². The van der Waals surface area contributed by atoms with Gasteiger partial charge in [-0.1, -0.05) is 0 Å². The molecule has 0 radical (unpaired) electrons. The van der Waals surface area contributed by atoms with Gasteiger partial charge >= 0.3 is 0 Å². The molecule has 1 saturated heterocycles. The van der Waals surface area contributed by atoms with Crippen LogP contribution in [0.1, 0.15) is 57.5 Å². The zero-order valence-corrected chi connectivity index (χ0v) is 18.2. The third kappa shape index (κ3) is 4.14. The molecular formula is C23H30N4O4. The molecule has 0 spiro atoms. The van der Waals surface area contributed by atoms with Crippen molar-refractivity contribution in [3.63, 3.8) is 0 Å². The average Bonchev–Trinajstić information content (AvgIpc) is 3.26. The number of fused-ring (bicyclic) bond motifs is 2. The van der Waals surface area contributed by atoms with Crippen LogP contribution >= 0.6 is 0 Å². The summed E-state index contributed by atoms with van der Waals surface area (Å²) in [7, 11) is 3.62. The van der Waals surface area contributed by atoms with Gasteiger partial charge in [0, 0.05) is 33.1 Å². The van der Waals surface area contributed by atoms with Gasteiger partial charge in [-0.2, -0.15) is 0 Å². The molecule has 1 N–H and O–H groups in total. The Kier molecular flexibility index (Phi) is 6.20. The van der Waals surface area contributed by atoms with Crippen molar-refractivity contribution >= 4 is 24.0 Å². The lowest BCUT2D eigenvalue weighted by Crippen LogP contribution is -2.48. The topological polar surface area (TPSA) is 90.0 Å². The first-order valence-electron chi connectivity index (χ1n) is 11.0. The third-order valence-electron chi connectivity index (χ3n) is 6.80. The van der Waals surface area contributed by atoms with Gasteiger partial charge in [0.2, 0.25) is 5.91 Å². The average molecular weight is 427 g/mol. The summed E-state index contributed by atoms with van der Waals surface area (Å²) in [6.45, 7) is 4.86. The summed E-state index contributed by atoms with van der Waals surface area (Å²) in [6.07, 6.45) is 3.33. The van der Waals surface area contributed by atoms with E-state index < -0.39 is 23.8 Å². The predicted molar refractivity (Wildman–Crippen MR) is 114 cm³/mol. The zero-order chi connectivity index (χ0) is 22.1. The Balaban J connectivity index is 1.50. The highest BCUT2D eigenvalue weighted by molar-refractivity contribution is 6.23. The largest absolute Gasteiger partial charge is 0.357 e. The normalized spacial score (nSPS) is 20.6. The molecule has 1 atom stereocenters. The first kappa shape index (κ1) is 21.6. The van der Waals surface area contributed by atoms with Crippen molar-refractivity contribution in [2.24, 2.45) is 5.92 Å². The summed E-state index contributed by atoms with van der Waals surface area (Å²) >= 11 is 0. The molecule has 1 aromatic carbocycles. The van der Waals surface area contributed by atoms with E-state index in [0.717, 1.165) is 48.8 Å². The molecule has 3 amide bonds. The molecule has 0 aliphatic carbocycles. The Morgan fingerprint density at radius 2 is 1.71 bits per heavy atom. The van der Waals surface area contributed by atoms with Gasteiger partial charge in [-0.25, -0.2) is 0 Å². The van der Waals surface area contributed by atoms with E-state index in [-0.39, 0.29) is 12.8 Å². The second-order valence-electron chi connectivity index (χ2n) is 8.94. The minimum Gasteiger partial charge on any atom is -0.357 e. The second-order valence-corrected chi connectivity index (χ2v) is 8.94. The lowest BCUT2D eigenvalue weighted by atomic mass is 9.97. The molecule has 8 nitrogen and oxygen atoms in total. The van der Waals surface area contributed by atoms with Crippen LogP contribution < -0.4 is 5.32 Å². The van der Waals surface area contributed by atoms with Gasteiger partial charge in [0.25, 0.3) is 11.8 Å². The fourth-order valence-electron chi connectivity index (χ4n) is 5.02. The quantitative estimate of drug-likeness (QED) is 0.518. The Hall–Kier alpha value is -2.58. The second kappa shape index (κ2) is 8.88. The molecule has 0 bridgehead atoms. The van der Waals surface area contributed by atoms with Crippen molar-refractivity contribution in [2.75, 3.05) is 33.7 Å². The Labute approximate surface area is 182 Å². The first-order chi connectivity index (χ1) is 14.9. The number of likely N-dealkylation sites (N-methyl/N-ethyl adjacent to an activating group) is 1. The molecule has 1 aromatic rings. The van der Waals surface area contributed by atoms with Gasteiger partial charge in [-0.05, 0) is 68.6 Å². The van der Waals surface area contributed by atoms with Crippen LogP contribution in [0.3, 0.4) is 0 Å². The number of amides is 3. The smallest absolute Gasteiger partial charge is 0.262 e. The van der Waals surface area contributed by atoms with Crippen LogP contribution in [0, 0.1) is 5.92 Å². The van der Waals surface area contributed by atoms with Crippen LogP contribution in [0.2, 0.25) is 0 Å². The minimum atomic E-state index is -0.974. The molecule has 3 heterocycles. The summed E-state index contributed by atoms with van der Waals surface area (Å²) in [5.41, 5.74) is 2.90. The van der Waals surface area contributed by atoms with Crippen molar-refractivity contribution in [1.29, 1.82) is 0 Å². The Morgan fingerprint density at radius 1 is 1.13 bits per heavy atom. The third-order valence-corrected chi connectivity index (χ3v) is 6.80. The van der Waals surface area contributed by atoms with Crippen molar-refractivity contribution in [1.82, 2.24) is 20.0 Å². The first-order valence-corrected chi connectivity index (χ1v) is 11.0. The van der Waals surface area contributed by atoms with E-state index in [0.29, 0.717) is 23.3 Å². The summed E-state index contributed by atoms with van der Waals surface area (Å²) < 4.78 is 0. The predicted octanol–water partition coefficient (Wildman–Crippen LogP) is 1.03. The molecule has 31 heavy (non-hydrogen) atoms. The maximum atomic E-state index is 13.1.